The summed E-state index contributed by atoms with van der Waals surface area (Å²) in [5.41, 5.74) is 5.28. The topological polar surface area (TPSA) is 70.4 Å². The number of piperidine rings is 1. The average molecular weight is 340 g/mol. The standard InChI is InChI=1S/C19H24N4O2/c1-13-16(12-22-9-6-14-4-2-3-5-15(14)11-22)19-17(20-7-8-21-19)10-18(13)23(24)25/h5,7-8,10,14,20-21H,2-4,6,9,11-12H2,1H3. The molecule has 1 atom stereocenters. The minimum absolute atomic E-state index is 0.185. The maximum atomic E-state index is 11.5. The maximum Gasteiger partial charge on any atom is 0.274 e. The molecule has 2 heterocycles. The van der Waals surface area contributed by atoms with Crippen LogP contribution in [0.3, 0.4) is 0 Å². The molecule has 0 spiro atoms. The van der Waals surface area contributed by atoms with Crippen LogP contribution in [0.2, 0.25) is 0 Å². The summed E-state index contributed by atoms with van der Waals surface area (Å²) in [5.74, 6) is 0.757. The van der Waals surface area contributed by atoms with E-state index in [0.29, 0.717) is 0 Å². The molecule has 6 heteroatoms. The Kier molecular flexibility index (Phi) is 4.21. The van der Waals surface area contributed by atoms with Gasteiger partial charge in [0.2, 0.25) is 0 Å². The van der Waals surface area contributed by atoms with E-state index in [2.05, 4.69) is 21.6 Å². The van der Waals surface area contributed by atoms with E-state index in [0.717, 1.165) is 48.1 Å². The normalized spacial score (nSPS) is 22.3. The Labute approximate surface area is 147 Å². The van der Waals surface area contributed by atoms with Crippen LogP contribution >= 0.6 is 0 Å². The first-order valence-corrected chi connectivity index (χ1v) is 9.03. The van der Waals surface area contributed by atoms with E-state index in [4.69, 9.17) is 0 Å². The summed E-state index contributed by atoms with van der Waals surface area (Å²) < 4.78 is 0. The fourth-order valence-corrected chi connectivity index (χ4v) is 4.31. The third kappa shape index (κ3) is 3.02. The molecular formula is C19H24N4O2. The molecule has 1 aromatic carbocycles. The summed E-state index contributed by atoms with van der Waals surface area (Å²) in [6.45, 7) is 4.65. The number of allylic oxidation sites excluding steroid dienone is 1. The minimum atomic E-state index is -0.283. The lowest BCUT2D eigenvalue weighted by Crippen LogP contribution is -2.36. The second kappa shape index (κ2) is 6.52. The van der Waals surface area contributed by atoms with Gasteiger partial charge in [-0.3, -0.25) is 15.0 Å². The van der Waals surface area contributed by atoms with E-state index >= 15 is 0 Å². The number of rotatable bonds is 3. The molecule has 0 radical (unpaired) electrons. The number of hydrogen-bond donors (Lipinski definition) is 2. The first-order valence-electron chi connectivity index (χ1n) is 9.03. The first-order chi connectivity index (χ1) is 12.1. The summed E-state index contributed by atoms with van der Waals surface area (Å²) in [5, 5.41) is 17.9. The van der Waals surface area contributed by atoms with Crippen LogP contribution in [0.15, 0.2) is 30.1 Å². The molecule has 4 rings (SSSR count). The van der Waals surface area contributed by atoms with E-state index in [1.165, 1.54) is 25.7 Å². The highest BCUT2D eigenvalue weighted by Gasteiger charge is 2.28. The Hall–Kier alpha value is -2.34. The molecule has 25 heavy (non-hydrogen) atoms. The van der Waals surface area contributed by atoms with Crippen molar-refractivity contribution < 1.29 is 4.92 Å². The van der Waals surface area contributed by atoms with Crippen LogP contribution in [0.25, 0.3) is 0 Å². The second-order valence-electron chi connectivity index (χ2n) is 7.21. The number of nitrogens with zero attached hydrogens (tertiary/aromatic N) is 2. The molecule has 0 saturated carbocycles. The van der Waals surface area contributed by atoms with Crippen LogP contribution in [-0.2, 0) is 6.54 Å². The fourth-order valence-electron chi connectivity index (χ4n) is 4.31. The van der Waals surface area contributed by atoms with Gasteiger partial charge in [-0.05, 0) is 45.1 Å². The van der Waals surface area contributed by atoms with Crippen LogP contribution in [0.4, 0.5) is 17.1 Å². The summed E-state index contributed by atoms with van der Waals surface area (Å²) in [6.07, 6.45) is 11.1. The molecule has 3 aliphatic rings. The van der Waals surface area contributed by atoms with Crippen LogP contribution in [0, 0.1) is 23.0 Å². The van der Waals surface area contributed by atoms with Crippen molar-refractivity contribution in [1.82, 2.24) is 4.90 Å². The molecule has 132 valence electrons. The van der Waals surface area contributed by atoms with Crippen molar-refractivity contribution in [2.75, 3.05) is 23.7 Å². The lowest BCUT2D eigenvalue weighted by atomic mass is 9.82. The van der Waals surface area contributed by atoms with Gasteiger partial charge in [-0.2, -0.15) is 0 Å². The van der Waals surface area contributed by atoms with Crippen LogP contribution in [0.5, 0.6) is 0 Å². The van der Waals surface area contributed by atoms with Crippen molar-refractivity contribution in [2.45, 2.75) is 39.2 Å². The largest absolute Gasteiger partial charge is 0.358 e. The monoisotopic (exact) mass is 340 g/mol. The van der Waals surface area contributed by atoms with Crippen LogP contribution < -0.4 is 10.6 Å². The molecule has 2 aliphatic heterocycles. The molecule has 0 aromatic heterocycles. The SMILES string of the molecule is Cc1c([N+](=O)[O-])cc2c(c1CN1CCC3CCCC=C3C1)NC=CN2. The molecule has 2 N–H and O–H groups in total. The van der Waals surface area contributed by atoms with Gasteiger partial charge in [-0.15, -0.1) is 0 Å². The zero-order valence-corrected chi connectivity index (χ0v) is 14.5. The van der Waals surface area contributed by atoms with Crippen molar-refractivity contribution in [3.8, 4) is 0 Å². The summed E-state index contributed by atoms with van der Waals surface area (Å²) in [6, 6.07) is 1.63. The molecule has 0 amide bonds. The Morgan fingerprint density at radius 1 is 1.32 bits per heavy atom. The quantitative estimate of drug-likeness (QED) is 0.491. The highest BCUT2D eigenvalue weighted by atomic mass is 16.6. The number of benzene rings is 1. The number of nitro groups is 1. The Bertz CT molecular complexity index is 769. The highest BCUT2D eigenvalue weighted by Crippen LogP contribution is 2.39. The zero-order valence-electron chi connectivity index (χ0n) is 14.5. The molecular weight excluding hydrogens is 316 g/mol. The van der Waals surface area contributed by atoms with Crippen LogP contribution in [-0.4, -0.2) is 22.9 Å². The van der Waals surface area contributed by atoms with Gasteiger partial charge in [-0.25, -0.2) is 0 Å². The number of hydrogen-bond acceptors (Lipinski definition) is 5. The second-order valence-corrected chi connectivity index (χ2v) is 7.21. The third-order valence-corrected chi connectivity index (χ3v) is 5.70. The lowest BCUT2D eigenvalue weighted by Gasteiger charge is -2.37. The number of nitrogens with one attached hydrogen (secondary N) is 2. The predicted molar refractivity (Wildman–Crippen MR) is 99.5 cm³/mol. The van der Waals surface area contributed by atoms with Crippen molar-refractivity contribution in [2.24, 2.45) is 5.92 Å². The smallest absolute Gasteiger partial charge is 0.274 e. The molecule has 6 nitrogen and oxygen atoms in total. The van der Waals surface area contributed by atoms with Crippen LogP contribution in [0.1, 0.15) is 36.8 Å². The molecule has 1 aliphatic carbocycles. The number of likely N-dealkylation sites (tertiary alicyclic amines) is 1. The van der Waals surface area contributed by atoms with E-state index in [1.807, 2.05) is 13.1 Å². The van der Waals surface area contributed by atoms with Gasteiger partial charge in [0.05, 0.1) is 16.3 Å². The number of nitro benzene ring substituents is 1. The average Bonchev–Trinajstić information content (AvgIpc) is 2.63. The highest BCUT2D eigenvalue weighted by molar-refractivity contribution is 5.81. The summed E-state index contributed by atoms with van der Waals surface area (Å²) >= 11 is 0. The van der Waals surface area contributed by atoms with Gasteiger partial charge < -0.3 is 10.6 Å². The third-order valence-electron chi connectivity index (χ3n) is 5.70. The van der Waals surface area contributed by atoms with Gasteiger partial charge in [0.25, 0.3) is 5.69 Å². The molecule has 1 saturated heterocycles. The van der Waals surface area contributed by atoms with E-state index in [9.17, 15) is 10.1 Å². The molecule has 1 aromatic rings. The van der Waals surface area contributed by atoms with Crippen molar-refractivity contribution in [1.29, 1.82) is 0 Å². The number of fused-ring (bicyclic) bond motifs is 2. The van der Waals surface area contributed by atoms with Gasteiger partial charge in [0, 0.05) is 42.7 Å². The maximum absolute atomic E-state index is 11.5. The Morgan fingerprint density at radius 2 is 2.16 bits per heavy atom. The van der Waals surface area contributed by atoms with E-state index in [1.54, 1.807) is 17.8 Å². The number of anilines is 2. The van der Waals surface area contributed by atoms with Crippen molar-refractivity contribution in [3.05, 3.63) is 51.4 Å². The molecule has 1 fully saturated rings. The lowest BCUT2D eigenvalue weighted by molar-refractivity contribution is -0.385. The first kappa shape index (κ1) is 16.1. The minimum Gasteiger partial charge on any atom is -0.358 e. The molecule has 0 bridgehead atoms. The van der Waals surface area contributed by atoms with Gasteiger partial charge in [0.15, 0.2) is 0 Å². The van der Waals surface area contributed by atoms with E-state index in [-0.39, 0.29) is 10.6 Å². The summed E-state index contributed by atoms with van der Waals surface area (Å²) in [4.78, 5) is 13.6. The predicted octanol–water partition coefficient (Wildman–Crippen LogP) is 4.14. The Morgan fingerprint density at radius 3 is 3.00 bits per heavy atom. The summed E-state index contributed by atoms with van der Waals surface area (Å²) in [7, 11) is 0. The van der Waals surface area contributed by atoms with Gasteiger partial charge in [0.1, 0.15) is 0 Å². The van der Waals surface area contributed by atoms with Crippen molar-refractivity contribution in [3.63, 3.8) is 0 Å². The zero-order chi connectivity index (χ0) is 17.4. The fraction of sp³-hybridized carbons (Fsp3) is 0.474. The van der Waals surface area contributed by atoms with Crippen molar-refractivity contribution >= 4 is 17.1 Å². The molecule has 1 unspecified atom stereocenters. The van der Waals surface area contributed by atoms with Gasteiger partial charge >= 0.3 is 0 Å². The van der Waals surface area contributed by atoms with Gasteiger partial charge in [-0.1, -0.05) is 11.6 Å². The van der Waals surface area contributed by atoms with E-state index < -0.39 is 0 Å². The Balaban J connectivity index is 1.65.